The summed E-state index contributed by atoms with van der Waals surface area (Å²) in [5.74, 6) is 0.742. The van der Waals surface area contributed by atoms with Gasteiger partial charge in [-0.3, -0.25) is 4.90 Å². The van der Waals surface area contributed by atoms with Crippen LogP contribution >= 0.6 is 23.2 Å². The molecule has 10 heteroatoms. The van der Waals surface area contributed by atoms with Crippen LogP contribution in [0.25, 0.3) is 10.9 Å². The van der Waals surface area contributed by atoms with E-state index in [1.807, 2.05) is 6.07 Å². The van der Waals surface area contributed by atoms with Crippen molar-refractivity contribution in [1.29, 1.82) is 10.7 Å². The standard InChI is InChI=1S/C24H27Cl2N7O/c25-19-7-16-10-29-23(32-21(9-27)22(26)30-14-24(13-28)3-4-24)31-20(16)8-18(19)15-1-5-33(6-2-15)17-11-34-12-17/h7-10,15,17,27,30H,1-6,11-12,14H2,(H,29,31,32)/b22-21+,27-9?. The predicted octanol–water partition coefficient (Wildman–Crippen LogP) is 4.22. The van der Waals surface area contributed by atoms with Crippen LogP contribution in [0.2, 0.25) is 5.02 Å². The van der Waals surface area contributed by atoms with E-state index in [9.17, 15) is 5.26 Å². The zero-order chi connectivity index (χ0) is 23.7. The van der Waals surface area contributed by atoms with Gasteiger partial charge in [0.2, 0.25) is 5.95 Å². The number of nitrogens with zero attached hydrogens (tertiary/aromatic N) is 4. The number of rotatable bonds is 8. The van der Waals surface area contributed by atoms with Crippen LogP contribution in [0.3, 0.4) is 0 Å². The molecule has 1 aromatic carbocycles. The largest absolute Gasteiger partial charge is 0.378 e. The zero-order valence-electron chi connectivity index (χ0n) is 18.8. The molecule has 34 heavy (non-hydrogen) atoms. The van der Waals surface area contributed by atoms with Gasteiger partial charge >= 0.3 is 0 Å². The summed E-state index contributed by atoms with van der Waals surface area (Å²) in [4.78, 5) is 11.5. The van der Waals surface area contributed by atoms with Gasteiger partial charge < -0.3 is 20.8 Å². The zero-order valence-corrected chi connectivity index (χ0v) is 20.3. The number of ether oxygens (including phenoxy) is 1. The first-order valence-electron chi connectivity index (χ1n) is 11.6. The average molecular weight is 500 g/mol. The van der Waals surface area contributed by atoms with Crippen molar-refractivity contribution in [3.05, 3.63) is 39.8 Å². The van der Waals surface area contributed by atoms with Crippen molar-refractivity contribution in [2.24, 2.45) is 5.41 Å². The minimum absolute atomic E-state index is 0.264. The third-order valence-corrected chi connectivity index (χ3v) is 7.77. The molecule has 3 aliphatic rings. The van der Waals surface area contributed by atoms with E-state index in [1.165, 1.54) is 0 Å². The first-order chi connectivity index (χ1) is 16.5. The highest BCUT2D eigenvalue weighted by Gasteiger charge is 2.43. The summed E-state index contributed by atoms with van der Waals surface area (Å²) >= 11 is 13.0. The fraction of sp³-hybridized carbons (Fsp3) is 0.500. The maximum Gasteiger partial charge on any atom is 0.227 e. The predicted molar refractivity (Wildman–Crippen MR) is 133 cm³/mol. The van der Waals surface area contributed by atoms with E-state index in [-0.39, 0.29) is 10.6 Å². The van der Waals surface area contributed by atoms with Crippen LogP contribution in [-0.2, 0) is 4.74 Å². The number of anilines is 1. The highest BCUT2D eigenvalue weighted by Crippen LogP contribution is 2.44. The lowest BCUT2D eigenvalue weighted by Crippen LogP contribution is -2.51. The van der Waals surface area contributed by atoms with Crippen LogP contribution in [0.5, 0.6) is 0 Å². The number of hydrogen-bond donors (Lipinski definition) is 3. The number of piperidine rings is 1. The van der Waals surface area contributed by atoms with Gasteiger partial charge in [-0.25, -0.2) is 9.97 Å². The summed E-state index contributed by atoms with van der Waals surface area (Å²) in [5, 5.41) is 24.9. The number of nitriles is 1. The van der Waals surface area contributed by atoms with Crippen molar-refractivity contribution in [3.63, 3.8) is 0 Å². The minimum Gasteiger partial charge on any atom is -0.378 e. The second-order valence-electron chi connectivity index (χ2n) is 9.37. The lowest BCUT2D eigenvalue weighted by Gasteiger charge is -2.41. The van der Waals surface area contributed by atoms with E-state index in [0.717, 1.165) is 79.7 Å². The van der Waals surface area contributed by atoms with Crippen LogP contribution in [0, 0.1) is 22.2 Å². The quantitative estimate of drug-likeness (QED) is 0.368. The molecule has 3 heterocycles. The first-order valence-corrected chi connectivity index (χ1v) is 12.4. The van der Waals surface area contributed by atoms with E-state index in [0.29, 0.717) is 30.1 Å². The Morgan fingerprint density at radius 2 is 2.09 bits per heavy atom. The SMILES string of the molecule is N#CC1(CN/C(Cl)=C(\C=N)Nc2ncc3cc(Cl)c(C4CCN(C5COC5)CC4)cc3n2)CC1. The highest BCUT2D eigenvalue weighted by molar-refractivity contribution is 6.32. The van der Waals surface area contributed by atoms with Gasteiger partial charge in [-0.2, -0.15) is 5.26 Å². The van der Waals surface area contributed by atoms with Crippen LogP contribution in [0.15, 0.2) is 29.2 Å². The van der Waals surface area contributed by atoms with E-state index in [2.05, 4.69) is 37.6 Å². The molecule has 0 radical (unpaired) electrons. The third-order valence-electron chi connectivity index (χ3n) is 7.10. The van der Waals surface area contributed by atoms with Crippen LogP contribution in [-0.4, -0.2) is 60.0 Å². The van der Waals surface area contributed by atoms with E-state index in [1.54, 1.807) is 6.20 Å². The Bertz CT molecular complexity index is 1160. The molecule has 2 aliphatic heterocycles. The van der Waals surface area contributed by atoms with Gasteiger partial charge in [0.05, 0.1) is 42.0 Å². The molecule has 1 saturated carbocycles. The number of nitrogens with one attached hydrogen (secondary N) is 3. The van der Waals surface area contributed by atoms with E-state index in [4.69, 9.17) is 33.3 Å². The lowest BCUT2D eigenvalue weighted by atomic mass is 9.88. The molecule has 5 rings (SSSR count). The van der Waals surface area contributed by atoms with Gasteiger partial charge in [0.15, 0.2) is 0 Å². The molecular weight excluding hydrogens is 473 g/mol. The molecule has 178 valence electrons. The monoisotopic (exact) mass is 499 g/mol. The molecule has 1 aliphatic carbocycles. The molecule has 8 nitrogen and oxygen atoms in total. The summed E-state index contributed by atoms with van der Waals surface area (Å²) in [5.41, 5.74) is 1.92. The van der Waals surface area contributed by atoms with Gasteiger partial charge in [-0.1, -0.05) is 23.2 Å². The number of fused-ring (bicyclic) bond motifs is 1. The summed E-state index contributed by atoms with van der Waals surface area (Å²) < 4.78 is 5.34. The van der Waals surface area contributed by atoms with Crippen molar-refractivity contribution >= 4 is 46.3 Å². The molecule has 0 amide bonds. The second kappa shape index (κ2) is 9.67. The molecule has 3 N–H and O–H groups in total. The van der Waals surface area contributed by atoms with Crippen molar-refractivity contribution in [1.82, 2.24) is 20.2 Å². The fourth-order valence-corrected chi connectivity index (χ4v) is 5.04. The molecule has 0 unspecified atom stereocenters. The molecule has 3 fully saturated rings. The van der Waals surface area contributed by atoms with Crippen molar-refractivity contribution in [2.75, 3.05) is 38.2 Å². The van der Waals surface area contributed by atoms with E-state index >= 15 is 0 Å². The summed E-state index contributed by atoms with van der Waals surface area (Å²) in [7, 11) is 0. The van der Waals surface area contributed by atoms with E-state index < -0.39 is 0 Å². The van der Waals surface area contributed by atoms with Crippen molar-refractivity contribution in [2.45, 2.75) is 37.6 Å². The summed E-state index contributed by atoms with van der Waals surface area (Å²) in [6.45, 7) is 4.25. The number of likely N-dealkylation sites (tertiary alicyclic amines) is 1. The van der Waals surface area contributed by atoms with Gasteiger partial charge in [0.1, 0.15) is 5.16 Å². The first kappa shape index (κ1) is 23.3. The number of allylic oxidation sites excluding steroid dienone is 1. The van der Waals surface area contributed by atoms with Crippen molar-refractivity contribution < 1.29 is 4.74 Å². The summed E-state index contributed by atoms with van der Waals surface area (Å²) in [6.07, 6.45) is 6.68. The van der Waals surface area contributed by atoms with Crippen molar-refractivity contribution in [3.8, 4) is 6.07 Å². The number of halogens is 2. The maximum atomic E-state index is 9.24. The highest BCUT2D eigenvalue weighted by atomic mass is 35.5. The third kappa shape index (κ3) is 4.84. The Balaban J connectivity index is 1.31. The maximum absolute atomic E-state index is 9.24. The summed E-state index contributed by atoms with van der Waals surface area (Å²) in [6, 6.07) is 6.89. The Kier molecular flexibility index (Phi) is 6.63. The molecule has 0 spiro atoms. The Labute approximate surface area is 208 Å². The van der Waals surface area contributed by atoms with Crippen LogP contribution in [0.4, 0.5) is 5.95 Å². The minimum atomic E-state index is -0.343. The lowest BCUT2D eigenvalue weighted by molar-refractivity contribution is -0.0712. The van der Waals surface area contributed by atoms with Gasteiger partial charge in [-0.15, -0.1) is 0 Å². The number of aromatic nitrogens is 2. The Hall–Kier alpha value is -2.44. The molecular formula is C24H27Cl2N7O. The average Bonchev–Trinajstić information content (AvgIpc) is 3.61. The Morgan fingerprint density at radius 1 is 1.32 bits per heavy atom. The van der Waals surface area contributed by atoms with Gasteiger partial charge in [-0.05, 0) is 62.4 Å². The van der Waals surface area contributed by atoms with Crippen LogP contribution in [0.1, 0.15) is 37.2 Å². The molecule has 0 atom stereocenters. The molecule has 0 bridgehead atoms. The smallest absolute Gasteiger partial charge is 0.227 e. The second-order valence-corrected chi connectivity index (χ2v) is 10.2. The molecule has 1 aromatic heterocycles. The van der Waals surface area contributed by atoms with Gasteiger partial charge in [0, 0.05) is 29.4 Å². The van der Waals surface area contributed by atoms with Gasteiger partial charge in [0.25, 0.3) is 0 Å². The van der Waals surface area contributed by atoms with Crippen LogP contribution < -0.4 is 10.6 Å². The number of benzene rings is 1. The topological polar surface area (TPSA) is 110 Å². The fourth-order valence-electron chi connectivity index (χ4n) is 4.55. The number of hydrogen-bond acceptors (Lipinski definition) is 8. The normalized spacial score (nSPS) is 21.3. The molecule has 2 saturated heterocycles. The Morgan fingerprint density at radius 3 is 2.71 bits per heavy atom. The molecule has 2 aromatic rings.